The van der Waals surface area contributed by atoms with Gasteiger partial charge in [-0.2, -0.15) is 0 Å². The zero-order chi connectivity index (χ0) is 13.0. The number of amides is 1. The number of carbonyl (C=O) groups is 1. The molecular formula is C12H15Br2NO2. The minimum atomic E-state index is -0.254. The molecule has 1 rings (SSSR count). The lowest BCUT2D eigenvalue weighted by Crippen LogP contribution is -2.33. The first-order chi connectivity index (χ1) is 7.90. The van der Waals surface area contributed by atoms with Crippen LogP contribution in [0.4, 0.5) is 0 Å². The lowest BCUT2D eigenvalue weighted by atomic mass is 10.1. The number of halogens is 2. The summed E-state index contributed by atoms with van der Waals surface area (Å²) in [5, 5.41) is 12.5. The summed E-state index contributed by atoms with van der Waals surface area (Å²) >= 11 is 6.67. The van der Waals surface area contributed by atoms with E-state index in [0.29, 0.717) is 10.4 Å². The van der Waals surface area contributed by atoms with Crippen LogP contribution in [0.25, 0.3) is 0 Å². The molecule has 0 saturated carbocycles. The lowest BCUT2D eigenvalue weighted by Gasteiger charge is -2.15. The Balaban J connectivity index is 2.70. The highest BCUT2D eigenvalue weighted by molar-refractivity contribution is 9.10. The predicted molar refractivity (Wildman–Crippen MR) is 75.7 cm³/mol. The Morgan fingerprint density at radius 2 is 2.12 bits per heavy atom. The number of hydrogen-bond donors (Lipinski definition) is 2. The van der Waals surface area contributed by atoms with Crippen LogP contribution in [0.1, 0.15) is 30.6 Å². The van der Waals surface area contributed by atoms with Gasteiger partial charge in [0.05, 0.1) is 5.56 Å². The number of phenolic OH excluding ortho intramolecular Hbond substituents is 1. The molecule has 0 aliphatic carbocycles. The first kappa shape index (κ1) is 14.5. The second-order valence-corrected chi connectivity index (χ2v) is 6.53. The molecule has 0 radical (unpaired) electrons. The molecule has 0 fully saturated rings. The smallest absolute Gasteiger partial charge is 0.255 e. The number of aromatic hydroxyl groups is 1. The van der Waals surface area contributed by atoms with Crippen molar-refractivity contribution >= 4 is 37.8 Å². The Morgan fingerprint density at radius 3 is 2.65 bits per heavy atom. The first-order valence-corrected chi connectivity index (χ1v) is 7.04. The van der Waals surface area contributed by atoms with Crippen LogP contribution in [0.15, 0.2) is 22.7 Å². The molecule has 17 heavy (non-hydrogen) atoms. The van der Waals surface area contributed by atoms with Crippen molar-refractivity contribution in [1.82, 2.24) is 5.32 Å². The van der Waals surface area contributed by atoms with Gasteiger partial charge in [-0.25, -0.2) is 0 Å². The fourth-order valence-electron chi connectivity index (χ4n) is 1.54. The average molecular weight is 365 g/mol. The van der Waals surface area contributed by atoms with E-state index in [1.165, 1.54) is 6.07 Å². The van der Waals surface area contributed by atoms with E-state index < -0.39 is 0 Å². The van der Waals surface area contributed by atoms with Gasteiger partial charge in [-0.1, -0.05) is 38.8 Å². The normalized spacial score (nSPS) is 14.1. The van der Waals surface area contributed by atoms with E-state index >= 15 is 0 Å². The highest BCUT2D eigenvalue weighted by Gasteiger charge is 2.14. The van der Waals surface area contributed by atoms with Crippen LogP contribution >= 0.6 is 31.9 Å². The number of benzene rings is 1. The van der Waals surface area contributed by atoms with Gasteiger partial charge in [-0.05, 0) is 31.5 Å². The molecule has 0 aromatic heterocycles. The summed E-state index contributed by atoms with van der Waals surface area (Å²) in [4.78, 5) is 12.2. The van der Waals surface area contributed by atoms with Crippen LogP contribution in [0.2, 0.25) is 0 Å². The SMILES string of the molecule is CC(Br)CC(C)NC(=O)c1ccc(Br)cc1O. The topological polar surface area (TPSA) is 49.3 Å². The summed E-state index contributed by atoms with van der Waals surface area (Å²) < 4.78 is 0.744. The lowest BCUT2D eigenvalue weighted by molar-refractivity contribution is 0.0936. The molecule has 1 aromatic rings. The van der Waals surface area contributed by atoms with Crippen molar-refractivity contribution in [2.24, 2.45) is 0 Å². The second-order valence-electron chi connectivity index (χ2n) is 4.05. The Morgan fingerprint density at radius 1 is 1.47 bits per heavy atom. The van der Waals surface area contributed by atoms with Crippen LogP contribution in [0, 0.1) is 0 Å². The molecule has 0 aliphatic heterocycles. The molecular weight excluding hydrogens is 350 g/mol. The van der Waals surface area contributed by atoms with Crippen molar-refractivity contribution in [1.29, 1.82) is 0 Å². The highest BCUT2D eigenvalue weighted by atomic mass is 79.9. The van der Waals surface area contributed by atoms with Gasteiger partial charge in [-0.3, -0.25) is 4.79 Å². The number of hydrogen-bond acceptors (Lipinski definition) is 2. The third-order valence-electron chi connectivity index (χ3n) is 2.26. The summed E-state index contributed by atoms with van der Waals surface area (Å²) in [6.45, 7) is 3.96. The van der Waals surface area contributed by atoms with E-state index in [4.69, 9.17) is 0 Å². The monoisotopic (exact) mass is 363 g/mol. The second kappa shape index (κ2) is 6.40. The van der Waals surface area contributed by atoms with Crippen molar-refractivity contribution in [2.75, 3.05) is 0 Å². The maximum absolute atomic E-state index is 11.9. The number of alkyl halides is 1. The third-order valence-corrected chi connectivity index (χ3v) is 3.13. The fourth-order valence-corrected chi connectivity index (χ4v) is 2.45. The quantitative estimate of drug-likeness (QED) is 0.804. The minimum absolute atomic E-state index is 0.0176. The van der Waals surface area contributed by atoms with Gasteiger partial charge < -0.3 is 10.4 Å². The number of nitrogens with one attached hydrogen (secondary N) is 1. The molecule has 2 N–H and O–H groups in total. The number of phenols is 1. The molecule has 0 saturated heterocycles. The Hall–Kier alpha value is -0.550. The molecule has 2 atom stereocenters. The summed E-state index contributed by atoms with van der Waals surface area (Å²) in [5.74, 6) is -0.272. The van der Waals surface area contributed by atoms with E-state index in [9.17, 15) is 9.90 Å². The van der Waals surface area contributed by atoms with Crippen LogP contribution in [0.5, 0.6) is 5.75 Å². The molecule has 1 aromatic carbocycles. The van der Waals surface area contributed by atoms with Crippen molar-refractivity contribution in [3.05, 3.63) is 28.2 Å². The summed E-state index contributed by atoms with van der Waals surface area (Å²) in [7, 11) is 0. The van der Waals surface area contributed by atoms with E-state index in [1.807, 2.05) is 13.8 Å². The predicted octanol–water partition coefficient (Wildman–Crippen LogP) is 3.45. The summed E-state index contributed by atoms with van der Waals surface area (Å²) in [5.41, 5.74) is 0.294. The largest absolute Gasteiger partial charge is 0.507 e. The first-order valence-electron chi connectivity index (χ1n) is 5.33. The minimum Gasteiger partial charge on any atom is -0.507 e. The molecule has 3 nitrogen and oxygen atoms in total. The zero-order valence-corrected chi connectivity index (χ0v) is 12.9. The van der Waals surface area contributed by atoms with Gasteiger partial charge in [0.1, 0.15) is 5.75 Å². The van der Waals surface area contributed by atoms with E-state index in [-0.39, 0.29) is 17.7 Å². The molecule has 94 valence electrons. The number of carbonyl (C=O) groups excluding carboxylic acids is 1. The maximum atomic E-state index is 11.9. The number of rotatable bonds is 4. The highest BCUT2D eigenvalue weighted by Crippen LogP contribution is 2.22. The van der Waals surface area contributed by atoms with Crippen molar-refractivity contribution in [3.8, 4) is 5.75 Å². The van der Waals surface area contributed by atoms with Crippen molar-refractivity contribution in [3.63, 3.8) is 0 Å². The van der Waals surface area contributed by atoms with E-state index in [1.54, 1.807) is 12.1 Å². The Labute approximate surface area is 118 Å². The van der Waals surface area contributed by atoms with Gasteiger partial charge >= 0.3 is 0 Å². The van der Waals surface area contributed by atoms with Gasteiger partial charge in [0.25, 0.3) is 5.91 Å². The average Bonchev–Trinajstić information content (AvgIpc) is 2.15. The van der Waals surface area contributed by atoms with E-state index in [0.717, 1.165) is 10.9 Å². The Bertz CT molecular complexity index is 407. The molecule has 0 heterocycles. The van der Waals surface area contributed by atoms with Crippen molar-refractivity contribution in [2.45, 2.75) is 31.1 Å². The molecule has 5 heteroatoms. The summed E-state index contributed by atoms with van der Waals surface area (Å²) in [6.07, 6.45) is 0.836. The van der Waals surface area contributed by atoms with Gasteiger partial charge in [0, 0.05) is 15.3 Å². The summed E-state index contributed by atoms with van der Waals surface area (Å²) in [6, 6.07) is 4.89. The zero-order valence-electron chi connectivity index (χ0n) is 9.71. The molecule has 0 spiro atoms. The molecule has 2 unspecified atom stereocenters. The van der Waals surface area contributed by atoms with Gasteiger partial charge in [0.15, 0.2) is 0 Å². The fraction of sp³-hybridized carbons (Fsp3) is 0.417. The van der Waals surface area contributed by atoms with Crippen LogP contribution < -0.4 is 5.32 Å². The molecule has 1 amide bonds. The standard InChI is InChI=1S/C12H15Br2NO2/c1-7(13)5-8(2)15-12(17)10-4-3-9(14)6-11(10)16/h3-4,6-8,16H,5H2,1-2H3,(H,15,17). The third kappa shape index (κ3) is 4.68. The maximum Gasteiger partial charge on any atom is 0.255 e. The van der Waals surface area contributed by atoms with Crippen LogP contribution in [-0.2, 0) is 0 Å². The molecule has 0 aliphatic rings. The van der Waals surface area contributed by atoms with Crippen LogP contribution in [-0.4, -0.2) is 21.9 Å². The Kier molecular flexibility index (Phi) is 5.46. The van der Waals surface area contributed by atoms with Crippen molar-refractivity contribution < 1.29 is 9.90 Å². The van der Waals surface area contributed by atoms with Crippen LogP contribution in [0.3, 0.4) is 0 Å². The van der Waals surface area contributed by atoms with Gasteiger partial charge in [-0.15, -0.1) is 0 Å². The molecule has 0 bridgehead atoms. The van der Waals surface area contributed by atoms with E-state index in [2.05, 4.69) is 37.2 Å². The van der Waals surface area contributed by atoms with Gasteiger partial charge in [0.2, 0.25) is 0 Å².